The third kappa shape index (κ3) is 5.96. The second-order valence-corrected chi connectivity index (χ2v) is 7.74. The molecule has 146 valence electrons. The average molecular weight is 363 g/mol. The van der Waals surface area contributed by atoms with Crippen molar-refractivity contribution in [1.29, 1.82) is 0 Å². The molecule has 2 aliphatic rings. The van der Waals surface area contributed by atoms with Crippen molar-refractivity contribution in [3.8, 4) is 11.8 Å². The molecule has 2 fully saturated rings. The van der Waals surface area contributed by atoms with Crippen LogP contribution >= 0.6 is 0 Å². The van der Waals surface area contributed by atoms with Gasteiger partial charge in [0.05, 0.1) is 12.2 Å². The minimum atomic E-state index is -0.509. The van der Waals surface area contributed by atoms with Gasteiger partial charge in [0.25, 0.3) is 0 Å². The van der Waals surface area contributed by atoms with E-state index in [0.717, 1.165) is 32.1 Å². The second kappa shape index (κ2) is 10.9. The molecular weight excluding hydrogens is 328 g/mol. The van der Waals surface area contributed by atoms with Crippen molar-refractivity contribution in [1.82, 2.24) is 0 Å². The molecule has 0 aromatic rings. The summed E-state index contributed by atoms with van der Waals surface area (Å²) in [6, 6.07) is 0. The predicted octanol–water partition coefficient (Wildman–Crippen LogP) is 3.03. The van der Waals surface area contributed by atoms with Gasteiger partial charge in [-0.05, 0) is 56.8 Å². The van der Waals surface area contributed by atoms with Crippen molar-refractivity contribution >= 4 is 0 Å². The molecule has 0 spiro atoms. The van der Waals surface area contributed by atoms with Crippen molar-refractivity contribution in [2.24, 2.45) is 23.7 Å². The molecule has 0 aromatic heterocycles. The van der Waals surface area contributed by atoms with Gasteiger partial charge in [0, 0.05) is 18.9 Å². The SMILES string of the molecule is CC#CCC(C)C(O)/C=C/C1C(O)CC2C/C(=C\CCCOCO)CC21. The molecule has 0 amide bonds. The minimum absolute atomic E-state index is 0.105. The molecule has 6 unspecified atom stereocenters. The van der Waals surface area contributed by atoms with Crippen LogP contribution in [0, 0.1) is 35.5 Å². The molecule has 2 saturated carbocycles. The van der Waals surface area contributed by atoms with Crippen molar-refractivity contribution in [2.45, 2.75) is 64.6 Å². The van der Waals surface area contributed by atoms with Crippen LogP contribution in [0.1, 0.15) is 52.4 Å². The fraction of sp³-hybridized carbons (Fsp3) is 0.727. The highest BCUT2D eigenvalue weighted by Gasteiger charge is 2.44. The maximum absolute atomic E-state index is 10.4. The summed E-state index contributed by atoms with van der Waals surface area (Å²) >= 11 is 0. The van der Waals surface area contributed by atoms with E-state index in [9.17, 15) is 10.2 Å². The molecule has 0 aromatic carbocycles. The quantitative estimate of drug-likeness (QED) is 0.255. The van der Waals surface area contributed by atoms with Crippen molar-refractivity contribution in [3.05, 3.63) is 23.8 Å². The fourth-order valence-electron chi connectivity index (χ4n) is 4.31. The van der Waals surface area contributed by atoms with Crippen LogP contribution in [0.5, 0.6) is 0 Å². The zero-order chi connectivity index (χ0) is 18.9. The highest BCUT2D eigenvalue weighted by molar-refractivity contribution is 5.18. The Bertz CT molecular complexity index is 542. The Morgan fingerprint density at radius 2 is 2.15 bits per heavy atom. The monoisotopic (exact) mass is 362 g/mol. The van der Waals surface area contributed by atoms with Gasteiger partial charge in [-0.3, -0.25) is 0 Å². The second-order valence-electron chi connectivity index (χ2n) is 7.74. The van der Waals surface area contributed by atoms with E-state index in [1.807, 2.05) is 26.0 Å². The summed E-state index contributed by atoms with van der Waals surface area (Å²) in [6.45, 7) is 4.21. The van der Waals surface area contributed by atoms with E-state index >= 15 is 0 Å². The van der Waals surface area contributed by atoms with E-state index in [2.05, 4.69) is 17.9 Å². The van der Waals surface area contributed by atoms with Crippen LogP contribution < -0.4 is 0 Å². The number of aliphatic hydroxyl groups is 3. The Labute approximate surface area is 158 Å². The number of fused-ring (bicyclic) bond motifs is 1. The van der Waals surface area contributed by atoms with Crippen LogP contribution in [-0.4, -0.2) is 40.9 Å². The summed E-state index contributed by atoms with van der Waals surface area (Å²) in [4.78, 5) is 0. The van der Waals surface area contributed by atoms with Gasteiger partial charge in [-0.25, -0.2) is 0 Å². The smallest absolute Gasteiger partial charge is 0.143 e. The zero-order valence-corrected chi connectivity index (χ0v) is 16.1. The Morgan fingerprint density at radius 3 is 2.88 bits per heavy atom. The number of unbranched alkanes of at least 4 members (excludes halogenated alkanes) is 1. The fourth-order valence-corrected chi connectivity index (χ4v) is 4.31. The molecule has 4 heteroatoms. The average Bonchev–Trinajstić information content (AvgIpc) is 3.13. The summed E-state index contributed by atoms with van der Waals surface area (Å²) in [5.41, 5.74) is 1.49. The lowest BCUT2D eigenvalue weighted by Crippen LogP contribution is -2.19. The summed E-state index contributed by atoms with van der Waals surface area (Å²) < 4.78 is 4.95. The highest BCUT2D eigenvalue weighted by Crippen LogP contribution is 2.50. The topological polar surface area (TPSA) is 69.9 Å². The largest absolute Gasteiger partial charge is 0.392 e. The number of allylic oxidation sites excluding steroid dienone is 2. The van der Waals surface area contributed by atoms with Gasteiger partial charge < -0.3 is 20.1 Å². The molecule has 26 heavy (non-hydrogen) atoms. The van der Waals surface area contributed by atoms with E-state index in [0.29, 0.717) is 24.9 Å². The van der Waals surface area contributed by atoms with Gasteiger partial charge in [0.2, 0.25) is 0 Å². The molecular formula is C22H34O4. The number of aliphatic hydroxyl groups excluding tert-OH is 3. The first-order valence-electron chi connectivity index (χ1n) is 9.87. The van der Waals surface area contributed by atoms with Gasteiger partial charge >= 0.3 is 0 Å². The lowest BCUT2D eigenvalue weighted by molar-refractivity contribution is -0.00192. The van der Waals surface area contributed by atoms with E-state index in [1.165, 1.54) is 5.57 Å². The third-order valence-electron chi connectivity index (χ3n) is 5.84. The normalized spacial score (nSPS) is 31.8. The summed E-state index contributed by atoms with van der Waals surface area (Å²) in [5.74, 6) is 7.17. The molecule has 0 radical (unpaired) electrons. The lowest BCUT2D eigenvalue weighted by atomic mass is 9.89. The Hall–Kier alpha value is -1.12. The maximum atomic E-state index is 10.4. The van der Waals surface area contributed by atoms with Crippen LogP contribution in [0.3, 0.4) is 0 Å². The van der Waals surface area contributed by atoms with Gasteiger partial charge in [0.1, 0.15) is 6.79 Å². The minimum Gasteiger partial charge on any atom is -0.392 e. The summed E-state index contributed by atoms with van der Waals surface area (Å²) in [7, 11) is 0. The summed E-state index contributed by atoms with van der Waals surface area (Å²) in [6.07, 6.45) is 11.0. The first-order valence-corrected chi connectivity index (χ1v) is 9.87. The summed E-state index contributed by atoms with van der Waals surface area (Å²) in [5, 5.41) is 29.3. The first kappa shape index (κ1) is 21.2. The van der Waals surface area contributed by atoms with Gasteiger partial charge in [-0.15, -0.1) is 11.8 Å². The molecule has 4 nitrogen and oxygen atoms in total. The molecule has 0 heterocycles. The first-order chi connectivity index (χ1) is 12.6. The van der Waals surface area contributed by atoms with Crippen LogP contribution in [0.4, 0.5) is 0 Å². The molecule has 6 atom stereocenters. The van der Waals surface area contributed by atoms with Gasteiger partial charge in [-0.1, -0.05) is 30.7 Å². The molecule has 0 saturated heterocycles. The number of hydrogen-bond acceptors (Lipinski definition) is 4. The van der Waals surface area contributed by atoms with Crippen LogP contribution in [-0.2, 0) is 4.74 Å². The maximum Gasteiger partial charge on any atom is 0.143 e. The third-order valence-corrected chi connectivity index (χ3v) is 5.84. The van der Waals surface area contributed by atoms with E-state index in [-0.39, 0.29) is 24.7 Å². The van der Waals surface area contributed by atoms with Crippen LogP contribution in [0.25, 0.3) is 0 Å². The highest BCUT2D eigenvalue weighted by atomic mass is 16.6. The van der Waals surface area contributed by atoms with E-state index < -0.39 is 6.10 Å². The van der Waals surface area contributed by atoms with Crippen molar-refractivity contribution in [3.63, 3.8) is 0 Å². The Kier molecular flexibility index (Phi) is 8.87. The Balaban J connectivity index is 1.87. The number of ether oxygens (including phenoxy) is 1. The molecule has 3 N–H and O–H groups in total. The molecule has 0 bridgehead atoms. The van der Waals surface area contributed by atoms with Gasteiger partial charge in [-0.2, -0.15) is 0 Å². The van der Waals surface area contributed by atoms with E-state index in [4.69, 9.17) is 9.84 Å². The van der Waals surface area contributed by atoms with Gasteiger partial charge in [0.15, 0.2) is 0 Å². The predicted molar refractivity (Wildman–Crippen MR) is 103 cm³/mol. The number of rotatable bonds is 9. The standard InChI is InChI=1S/C22H34O4/c1-3-4-7-16(2)21(24)10-9-19-20-13-17(8-5-6-11-26-15-23)12-18(20)14-22(19)25/h8-10,16,18-25H,5-7,11-15H2,1-2H3/b10-9+,17-8+. The van der Waals surface area contributed by atoms with E-state index in [1.54, 1.807) is 0 Å². The zero-order valence-electron chi connectivity index (χ0n) is 16.1. The van der Waals surface area contributed by atoms with Crippen molar-refractivity contribution in [2.75, 3.05) is 13.4 Å². The molecule has 2 aliphatic carbocycles. The van der Waals surface area contributed by atoms with Crippen LogP contribution in [0.15, 0.2) is 23.8 Å². The lowest BCUT2D eigenvalue weighted by Gasteiger charge is -2.19. The van der Waals surface area contributed by atoms with Crippen molar-refractivity contribution < 1.29 is 20.1 Å². The molecule has 0 aliphatic heterocycles. The number of hydrogen-bond donors (Lipinski definition) is 3. The Morgan fingerprint density at radius 1 is 1.35 bits per heavy atom. The molecule has 2 rings (SSSR count). The van der Waals surface area contributed by atoms with Crippen LogP contribution in [0.2, 0.25) is 0 Å².